The van der Waals surface area contributed by atoms with E-state index in [-0.39, 0.29) is 29.9 Å². The molecule has 0 radical (unpaired) electrons. The molecule has 3 atom stereocenters. The first-order chi connectivity index (χ1) is 30.6. The van der Waals surface area contributed by atoms with E-state index in [0.717, 1.165) is 31.3 Å². The van der Waals surface area contributed by atoms with E-state index in [4.69, 9.17) is 52.1 Å². The molecule has 2 heterocycles. The fourth-order valence-electron chi connectivity index (χ4n) is 5.98. The van der Waals surface area contributed by atoms with Crippen molar-refractivity contribution in [3.05, 3.63) is 35.4 Å². The number of carbonyl (C=O) groups excluding carboxylic acids is 4. The molecule has 2 aliphatic rings. The second kappa shape index (κ2) is 37.4. The van der Waals surface area contributed by atoms with E-state index in [1.54, 1.807) is 24.3 Å². The quantitative estimate of drug-likeness (QED) is 0.0412. The molecule has 62 heavy (non-hydrogen) atoms. The molecule has 4 amide bonds. The number of carbonyl (C=O) groups is 4. The Morgan fingerprint density at radius 2 is 0.968 bits per heavy atom. The van der Waals surface area contributed by atoms with Gasteiger partial charge in [0.15, 0.2) is 0 Å². The number of fused-ring (bicyclic) bond motifs is 1. The lowest BCUT2D eigenvalue weighted by atomic mass is 10.0. The van der Waals surface area contributed by atoms with Gasteiger partial charge in [-0.1, -0.05) is 18.6 Å². The summed E-state index contributed by atoms with van der Waals surface area (Å²) in [5.74, 6) is 0.776. The molecule has 2 aliphatic heterocycles. The summed E-state index contributed by atoms with van der Waals surface area (Å²) in [7, 11) is 0. The number of nitrogens with one attached hydrogen (secondary N) is 4. The van der Waals surface area contributed by atoms with Gasteiger partial charge >= 0.3 is 6.03 Å². The largest absolute Gasteiger partial charge is 0.377 e. The number of urea groups is 1. The summed E-state index contributed by atoms with van der Waals surface area (Å²) < 4.78 is 60.4. The van der Waals surface area contributed by atoms with Crippen LogP contribution in [-0.2, 0) is 56.9 Å². The minimum atomic E-state index is -0.216. The van der Waals surface area contributed by atoms with Gasteiger partial charge in [-0.2, -0.15) is 11.8 Å². The molecule has 1 aromatic rings. The first kappa shape index (κ1) is 53.3. The van der Waals surface area contributed by atoms with Gasteiger partial charge in [-0.05, 0) is 25.0 Å². The lowest BCUT2D eigenvalue weighted by Gasteiger charge is -2.16. The van der Waals surface area contributed by atoms with Crippen LogP contribution in [-0.4, -0.2) is 206 Å². The maximum absolute atomic E-state index is 12.1. The zero-order valence-corrected chi connectivity index (χ0v) is 37.0. The van der Waals surface area contributed by atoms with E-state index in [1.807, 2.05) is 11.8 Å². The topological polar surface area (TPSA) is 218 Å². The zero-order valence-electron chi connectivity index (χ0n) is 36.2. The number of ether oxygens (including phenoxy) is 11. The van der Waals surface area contributed by atoms with Gasteiger partial charge in [-0.15, -0.1) is 0 Å². The Morgan fingerprint density at radius 1 is 0.565 bits per heavy atom. The molecule has 3 rings (SSSR count). The lowest BCUT2D eigenvalue weighted by Crippen LogP contribution is -2.36. The van der Waals surface area contributed by atoms with Crippen molar-refractivity contribution in [1.29, 1.82) is 0 Å². The average molecular weight is 903 g/mol. The van der Waals surface area contributed by atoms with E-state index in [2.05, 4.69) is 21.3 Å². The molecule has 2 saturated heterocycles. The normalized spacial score (nSPS) is 16.8. The number of hydrogen-bond donors (Lipinski definition) is 4. The molecular formula is C42H70N4O15S. The fraction of sp³-hybridized carbons (Fsp3) is 0.762. The number of unbranched alkanes of at least 4 members (excludes halogenated alkanes) is 1. The Bertz CT molecular complexity index is 1310. The van der Waals surface area contributed by atoms with Crippen molar-refractivity contribution in [2.24, 2.45) is 0 Å². The smallest absolute Gasteiger partial charge is 0.315 e. The molecule has 4 N–H and O–H groups in total. The van der Waals surface area contributed by atoms with Gasteiger partial charge in [-0.25, -0.2) is 4.79 Å². The minimum Gasteiger partial charge on any atom is -0.377 e. The first-order valence-corrected chi connectivity index (χ1v) is 22.8. The van der Waals surface area contributed by atoms with Crippen LogP contribution in [0.3, 0.4) is 0 Å². The summed E-state index contributed by atoms with van der Waals surface area (Å²) in [4.78, 5) is 46.3. The molecule has 0 aromatic heterocycles. The second-order valence-corrected chi connectivity index (χ2v) is 15.2. The van der Waals surface area contributed by atoms with Crippen LogP contribution < -0.4 is 21.3 Å². The van der Waals surface area contributed by atoms with E-state index >= 15 is 0 Å². The van der Waals surface area contributed by atoms with Crippen LogP contribution in [0.25, 0.3) is 0 Å². The maximum Gasteiger partial charge on any atom is 0.315 e. The van der Waals surface area contributed by atoms with Crippen molar-refractivity contribution < 1.29 is 71.3 Å². The highest BCUT2D eigenvalue weighted by molar-refractivity contribution is 8.00. The van der Waals surface area contributed by atoms with E-state index in [9.17, 15) is 19.2 Å². The number of rotatable bonds is 43. The minimum absolute atomic E-state index is 0.0374. The summed E-state index contributed by atoms with van der Waals surface area (Å²) in [6, 6.07) is 6.81. The highest BCUT2D eigenvalue weighted by Crippen LogP contribution is 2.33. The Kier molecular flexibility index (Phi) is 32.2. The number of benzene rings is 1. The van der Waals surface area contributed by atoms with Gasteiger partial charge < -0.3 is 73.4 Å². The SMILES string of the molecule is O=Cc1ccc(C(=O)NCCOCCOCCOCCOCCOCCOCCOCCOCCOCCOCCOCCNC(=O)CCCC[C@@H]2SC[C@@H]3NC(=O)N[C@@H]32)cc1. The van der Waals surface area contributed by atoms with Gasteiger partial charge in [0.1, 0.15) is 6.29 Å². The predicted molar refractivity (Wildman–Crippen MR) is 230 cm³/mol. The van der Waals surface area contributed by atoms with E-state index in [1.165, 1.54) is 0 Å². The number of thioether (sulfide) groups is 1. The molecule has 20 heteroatoms. The lowest BCUT2D eigenvalue weighted by molar-refractivity contribution is -0.121. The number of aldehydes is 1. The van der Waals surface area contributed by atoms with Crippen LogP contribution in [0.15, 0.2) is 24.3 Å². The second-order valence-electron chi connectivity index (χ2n) is 13.9. The highest BCUT2D eigenvalue weighted by Gasteiger charge is 2.42. The van der Waals surface area contributed by atoms with Gasteiger partial charge in [0, 0.05) is 41.6 Å². The molecule has 1 aromatic carbocycles. The van der Waals surface area contributed by atoms with E-state index < -0.39 is 0 Å². The summed E-state index contributed by atoms with van der Waals surface area (Å²) in [6.07, 6.45) is 4.05. The molecule has 0 bridgehead atoms. The van der Waals surface area contributed by atoms with Crippen LogP contribution in [0.2, 0.25) is 0 Å². The van der Waals surface area contributed by atoms with Crippen LogP contribution in [0.1, 0.15) is 46.4 Å². The van der Waals surface area contributed by atoms with Gasteiger partial charge in [0.25, 0.3) is 5.91 Å². The van der Waals surface area contributed by atoms with Gasteiger partial charge in [-0.3, -0.25) is 14.4 Å². The Morgan fingerprint density at radius 3 is 1.39 bits per heavy atom. The third-order valence-corrected chi connectivity index (χ3v) is 10.7. The fourth-order valence-corrected chi connectivity index (χ4v) is 7.52. The van der Waals surface area contributed by atoms with Gasteiger partial charge in [0.05, 0.1) is 157 Å². The summed E-state index contributed by atoms with van der Waals surface area (Å²) in [5.41, 5.74) is 1.01. The monoisotopic (exact) mass is 902 g/mol. The van der Waals surface area contributed by atoms with Crippen molar-refractivity contribution in [3.63, 3.8) is 0 Å². The van der Waals surface area contributed by atoms with Crippen molar-refractivity contribution in [2.45, 2.75) is 43.0 Å². The van der Waals surface area contributed by atoms with Crippen molar-refractivity contribution >= 4 is 35.9 Å². The summed E-state index contributed by atoms with van der Waals surface area (Å²) in [6.45, 7) is 10.9. The van der Waals surface area contributed by atoms with Gasteiger partial charge in [0.2, 0.25) is 5.91 Å². The van der Waals surface area contributed by atoms with Crippen LogP contribution in [0.5, 0.6) is 0 Å². The molecule has 0 aliphatic carbocycles. The van der Waals surface area contributed by atoms with Crippen LogP contribution >= 0.6 is 11.8 Å². The average Bonchev–Trinajstić information content (AvgIpc) is 3.84. The van der Waals surface area contributed by atoms with Crippen molar-refractivity contribution in [1.82, 2.24) is 21.3 Å². The summed E-state index contributed by atoms with van der Waals surface area (Å²) in [5, 5.41) is 12.0. The molecule has 0 saturated carbocycles. The maximum atomic E-state index is 12.1. The predicted octanol–water partition coefficient (Wildman–Crippen LogP) is 1.25. The third kappa shape index (κ3) is 27.3. The van der Waals surface area contributed by atoms with Crippen LogP contribution in [0.4, 0.5) is 4.79 Å². The molecule has 354 valence electrons. The number of hydrogen-bond acceptors (Lipinski definition) is 16. The third-order valence-electron chi connectivity index (χ3n) is 9.21. The van der Waals surface area contributed by atoms with Crippen molar-refractivity contribution in [3.8, 4) is 0 Å². The molecular weight excluding hydrogens is 833 g/mol. The number of amides is 4. The Labute approximate surface area is 370 Å². The van der Waals surface area contributed by atoms with Crippen LogP contribution in [0, 0.1) is 0 Å². The standard InChI is InChI=1S/C42H70N4O15S/c47-33-35-5-7-36(8-6-35)41(49)44-10-12-52-14-16-54-18-20-56-22-24-58-26-28-60-30-32-61-31-29-59-27-25-57-23-21-55-19-17-53-15-13-51-11-9-43-39(48)4-2-1-3-38-40-37(34-62-38)45-42(50)46-40/h5-8,33,37-38,40H,1-4,9-32,34H2,(H,43,48)(H,44,49)(H2,45,46,50)/t37-,38-,40-/m0/s1. The zero-order chi connectivity index (χ0) is 44.0. The molecule has 2 fully saturated rings. The first-order valence-electron chi connectivity index (χ1n) is 21.7. The molecule has 0 unspecified atom stereocenters. The van der Waals surface area contributed by atoms with E-state index in [0.29, 0.717) is 181 Å². The molecule has 19 nitrogen and oxygen atoms in total. The Hall–Kier alpha value is -2.99. The highest BCUT2D eigenvalue weighted by atomic mass is 32.2. The Balaban J connectivity index is 0.891. The van der Waals surface area contributed by atoms with Crippen molar-refractivity contribution in [2.75, 3.05) is 164 Å². The summed E-state index contributed by atoms with van der Waals surface area (Å²) >= 11 is 1.90. The molecule has 0 spiro atoms.